The van der Waals surface area contributed by atoms with Crippen molar-refractivity contribution in [2.45, 2.75) is 13.2 Å². The predicted molar refractivity (Wildman–Crippen MR) is 40.9 cm³/mol. The van der Waals surface area contributed by atoms with Crippen molar-refractivity contribution >= 4 is 0 Å². The molecule has 0 radical (unpaired) electrons. The monoisotopic (exact) mass is 144 g/mol. The van der Waals surface area contributed by atoms with Crippen molar-refractivity contribution in [2.24, 2.45) is 0 Å². The van der Waals surface area contributed by atoms with E-state index in [2.05, 4.69) is 24.2 Å². The summed E-state index contributed by atoms with van der Waals surface area (Å²) in [6, 6.07) is 0. The Morgan fingerprint density at radius 3 is 3.10 bits per heavy atom. The second-order valence-corrected chi connectivity index (χ2v) is 2.68. The molecule has 1 rings (SSSR count). The van der Waals surface area contributed by atoms with E-state index in [0.717, 1.165) is 26.2 Å². The van der Waals surface area contributed by atoms with Crippen LogP contribution >= 0.6 is 0 Å². The predicted octanol–water partition coefficient (Wildman–Crippen LogP) is -0.116. The van der Waals surface area contributed by atoms with Crippen molar-refractivity contribution < 1.29 is 4.74 Å². The fourth-order valence-electron chi connectivity index (χ4n) is 1.13. The third-order valence-electron chi connectivity index (χ3n) is 1.70. The van der Waals surface area contributed by atoms with Gasteiger partial charge in [0, 0.05) is 13.1 Å². The van der Waals surface area contributed by atoms with Crippen molar-refractivity contribution in [3.8, 4) is 0 Å². The van der Waals surface area contributed by atoms with E-state index in [-0.39, 0.29) is 6.23 Å². The van der Waals surface area contributed by atoms with E-state index in [4.69, 9.17) is 4.74 Å². The SMILES string of the molecule is CCNC1CN(C)CCO1. The zero-order valence-corrected chi connectivity index (χ0v) is 6.76. The normalized spacial score (nSPS) is 28.8. The summed E-state index contributed by atoms with van der Waals surface area (Å²) in [7, 11) is 2.12. The molecule has 0 aromatic rings. The van der Waals surface area contributed by atoms with E-state index < -0.39 is 0 Å². The Bertz CT molecular complexity index is 95.6. The van der Waals surface area contributed by atoms with Crippen molar-refractivity contribution in [1.29, 1.82) is 0 Å². The largest absolute Gasteiger partial charge is 0.361 e. The molecular weight excluding hydrogens is 128 g/mol. The molecule has 0 spiro atoms. The number of hydrogen-bond acceptors (Lipinski definition) is 3. The van der Waals surface area contributed by atoms with Crippen molar-refractivity contribution in [2.75, 3.05) is 33.3 Å². The van der Waals surface area contributed by atoms with Gasteiger partial charge in [-0.15, -0.1) is 0 Å². The van der Waals surface area contributed by atoms with E-state index in [0.29, 0.717) is 0 Å². The van der Waals surface area contributed by atoms with Crippen LogP contribution in [0.2, 0.25) is 0 Å². The topological polar surface area (TPSA) is 24.5 Å². The van der Waals surface area contributed by atoms with Gasteiger partial charge in [0.2, 0.25) is 0 Å². The van der Waals surface area contributed by atoms with Gasteiger partial charge < -0.3 is 9.64 Å². The van der Waals surface area contributed by atoms with Crippen LogP contribution in [-0.4, -0.2) is 44.4 Å². The van der Waals surface area contributed by atoms with E-state index in [9.17, 15) is 0 Å². The van der Waals surface area contributed by atoms with Gasteiger partial charge in [0.05, 0.1) is 6.61 Å². The molecule has 1 saturated heterocycles. The minimum absolute atomic E-state index is 0.253. The molecule has 1 atom stereocenters. The number of rotatable bonds is 2. The summed E-state index contributed by atoms with van der Waals surface area (Å²) in [5.41, 5.74) is 0. The van der Waals surface area contributed by atoms with E-state index in [1.807, 2.05) is 0 Å². The zero-order valence-electron chi connectivity index (χ0n) is 6.76. The van der Waals surface area contributed by atoms with Gasteiger partial charge in [-0.2, -0.15) is 0 Å². The molecule has 60 valence electrons. The third-order valence-corrected chi connectivity index (χ3v) is 1.70. The zero-order chi connectivity index (χ0) is 7.40. The molecule has 1 N–H and O–H groups in total. The van der Waals surface area contributed by atoms with Gasteiger partial charge in [-0.1, -0.05) is 6.92 Å². The van der Waals surface area contributed by atoms with Gasteiger partial charge in [-0.25, -0.2) is 0 Å². The summed E-state index contributed by atoms with van der Waals surface area (Å²) in [5.74, 6) is 0. The highest BCUT2D eigenvalue weighted by molar-refractivity contribution is 4.65. The first-order valence-electron chi connectivity index (χ1n) is 3.86. The van der Waals surface area contributed by atoms with Gasteiger partial charge in [-0.3, -0.25) is 5.32 Å². The standard InChI is InChI=1S/C7H16N2O/c1-3-8-7-6-9(2)4-5-10-7/h7-8H,3-6H2,1-2H3. The number of likely N-dealkylation sites (N-methyl/N-ethyl adjacent to an activating group) is 2. The quantitative estimate of drug-likeness (QED) is 0.585. The molecular formula is C7H16N2O. The summed E-state index contributed by atoms with van der Waals surface area (Å²) in [6.45, 7) is 6.00. The molecule has 0 aromatic heterocycles. The fraction of sp³-hybridized carbons (Fsp3) is 1.00. The molecule has 1 fully saturated rings. The van der Waals surface area contributed by atoms with Crippen LogP contribution in [0.25, 0.3) is 0 Å². The van der Waals surface area contributed by atoms with Gasteiger partial charge in [0.25, 0.3) is 0 Å². The average molecular weight is 144 g/mol. The first-order valence-corrected chi connectivity index (χ1v) is 3.86. The Kier molecular flexibility index (Phi) is 3.12. The molecule has 0 aromatic carbocycles. The van der Waals surface area contributed by atoms with E-state index in [1.54, 1.807) is 0 Å². The van der Waals surface area contributed by atoms with E-state index >= 15 is 0 Å². The van der Waals surface area contributed by atoms with Gasteiger partial charge in [0.1, 0.15) is 6.23 Å². The summed E-state index contributed by atoms with van der Waals surface area (Å²) in [6.07, 6.45) is 0.253. The lowest BCUT2D eigenvalue weighted by atomic mass is 10.4. The van der Waals surface area contributed by atoms with Crippen molar-refractivity contribution in [3.63, 3.8) is 0 Å². The molecule has 1 aliphatic heterocycles. The van der Waals surface area contributed by atoms with Crippen molar-refractivity contribution in [1.82, 2.24) is 10.2 Å². The first kappa shape index (κ1) is 7.98. The molecule has 0 bridgehead atoms. The second kappa shape index (κ2) is 3.91. The minimum atomic E-state index is 0.253. The third kappa shape index (κ3) is 2.25. The summed E-state index contributed by atoms with van der Waals surface area (Å²) in [5, 5.41) is 3.25. The Balaban J connectivity index is 2.18. The van der Waals surface area contributed by atoms with Crippen LogP contribution in [0.1, 0.15) is 6.92 Å². The van der Waals surface area contributed by atoms with E-state index in [1.165, 1.54) is 0 Å². The first-order chi connectivity index (χ1) is 4.83. The van der Waals surface area contributed by atoms with Gasteiger partial charge >= 0.3 is 0 Å². The smallest absolute Gasteiger partial charge is 0.120 e. The second-order valence-electron chi connectivity index (χ2n) is 2.68. The highest BCUT2D eigenvalue weighted by Gasteiger charge is 2.15. The number of hydrogen-bond donors (Lipinski definition) is 1. The summed E-state index contributed by atoms with van der Waals surface area (Å²) < 4.78 is 5.44. The van der Waals surface area contributed by atoms with Gasteiger partial charge in [0.15, 0.2) is 0 Å². The fourth-order valence-corrected chi connectivity index (χ4v) is 1.13. The number of nitrogens with zero attached hydrogens (tertiary/aromatic N) is 1. The van der Waals surface area contributed by atoms with Crippen LogP contribution < -0.4 is 5.32 Å². The van der Waals surface area contributed by atoms with Crippen LogP contribution in [0.4, 0.5) is 0 Å². The molecule has 1 unspecified atom stereocenters. The maximum absolute atomic E-state index is 5.44. The van der Waals surface area contributed by atoms with Crippen LogP contribution in [0, 0.1) is 0 Å². The average Bonchev–Trinajstić information content (AvgIpc) is 1.88. The molecule has 0 aliphatic carbocycles. The summed E-state index contributed by atoms with van der Waals surface area (Å²) >= 11 is 0. The van der Waals surface area contributed by atoms with Crippen LogP contribution in [-0.2, 0) is 4.74 Å². The lowest BCUT2D eigenvalue weighted by molar-refractivity contribution is -0.0362. The maximum atomic E-state index is 5.44. The molecule has 0 amide bonds. The maximum Gasteiger partial charge on any atom is 0.120 e. The van der Waals surface area contributed by atoms with Crippen LogP contribution in [0.3, 0.4) is 0 Å². The molecule has 10 heavy (non-hydrogen) atoms. The Hall–Kier alpha value is -0.120. The Morgan fingerprint density at radius 1 is 1.70 bits per heavy atom. The Morgan fingerprint density at radius 2 is 2.50 bits per heavy atom. The summed E-state index contributed by atoms with van der Waals surface area (Å²) in [4.78, 5) is 2.27. The van der Waals surface area contributed by atoms with Gasteiger partial charge in [-0.05, 0) is 13.6 Å². The highest BCUT2D eigenvalue weighted by Crippen LogP contribution is 1.98. The van der Waals surface area contributed by atoms with Crippen LogP contribution in [0.5, 0.6) is 0 Å². The van der Waals surface area contributed by atoms with Crippen LogP contribution in [0.15, 0.2) is 0 Å². The number of nitrogens with one attached hydrogen (secondary N) is 1. The number of ether oxygens (including phenoxy) is 1. The molecule has 1 heterocycles. The lowest BCUT2D eigenvalue weighted by Gasteiger charge is -2.30. The molecule has 0 saturated carbocycles. The van der Waals surface area contributed by atoms with Crippen molar-refractivity contribution in [3.05, 3.63) is 0 Å². The molecule has 3 heteroatoms. The Labute approximate surface area is 62.3 Å². The minimum Gasteiger partial charge on any atom is -0.361 e. The lowest BCUT2D eigenvalue weighted by Crippen LogP contribution is -2.47. The highest BCUT2D eigenvalue weighted by atomic mass is 16.5. The molecule has 3 nitrogen and oxygen atoms in total. The number of morpholine rings is 1. The molecule has 1 aliphatic rings.